The lowest BCUT2D eigenvalue weighted by Crippen LogP contribution is -2.35. The molecule has 0 saturated heterocycles. The van der Waals surface area contributed by atoms with Crippen molar-refractivity contribution in [3.05, 3.63) is 0 Å². The predicted octanol–water partition coefficient (Wildman–Crippen LogP) is 0.478. The number of hydrogen-bond donors (Lipinski definition) is 1. The summed E-state index contributed by atoms with van der Waals surface area (Å²) in [4.78, 5) is 12.9. The minimum atomic E-state index is -0.348. The molecule has 0 aromatic heterocycles. The molecule has 0 rings (SSSR count). The van der Waals surface area contributed by atoms with E-state index in [0.29, 0.717) is 12.6 Å². The second-order valence-electron chi connectivity index (χ2n) is 3.85. The van der Waals surface area contributed by atoms with Gasteiger partial charge in [-0.1, -0.05) is 13.8 Å². The number of nitrogens with zero attached hydrogens (tertiary/aromatic N) is 1. The van der Waals surface area contributed by atoms with E-state index in [1.807, 2.05) is 0 Å². The largest absolute Gasteiger partial charge is 0.367 e. The Bertz CT molecular complexity index is 170. The highest BCUT2D eigenvalue weighted by Crippen LogP contribution is 1.94. The molecular weight excluding hydrogens is 180 g/mol. The molecule has 0 fully saturated rings. The van der Waals surface area contributed by atoms with Crippen LogP contribution in [0.5, 0.6) is 0 Å². The van der Waals surface area contributed by atoms with Gasteiger partial charge in [-0.3, -0.25) is 4.79 Å². The zero-order chi connectivity index (χ0) is 11.1. The molecule has 1 N–H and O–H groups in total. The molecule has 1 unspecified atom stereocenters. The monoisotopic (exact) mass is 202 g/mol. The van der Waals surface area contributed by atoms with E-state index in [2.05, 4.69) is 19.2 Å². The fraction of sp³-hybridized carbons (Fsp3) is 0.900. The number of ether oxygens (including phenoxy) is 1. The van der Waals surface area contributed by atoms with Crippen LogP contribution in [0.2, 0.25) is 0 Å². The minimum Gasteiger partial charge on any atom is -0.367 e. The van der Waals surface area contributed by atoms with Crippen LogP contribution in [0.25, 0.3) is 0 Å². The number of likely N-dealkylation sites (N-methyl/N-ethyl adjacent to an activating group) is 1. The van der Waals surface area contributed by atoms with Gasteiger partial charge < -0.3 is 15.0 Å². The average molecular weight is 202 g/mol. The second kappa shape index (κ2) is 6.79. The van der Waals surface area contributed by atoms with Crippen LogP contribution in [0.3, 0.4) is 0 Å². The summed E-state index contributed by atoms with van der Waals surface area (Å²) >= 11 is 0. The number of nitrogens with one attached hydrogen (secondary N) is 1. The van der Waals surface area contributed by atoms with Gasteiger partial charge in [-0.25, -0.2) is 0 Å². The first kappa shape index (κ1) is 13.4. The maximum Gasteiger partial charge on any atom is 0.250 e. The summed E-state index contributed by atoms with van der Waals surface area (Å²) in [5.74, 6) is 0.00884. The first-order chi connectivity index (χ1) is 6.45. The summed E-state index contributed by atoms with van der Waals surface area (Å²) in [6.07, 6.45) is -0.348. The van der Waals surface area contributed by atoms with Gasteiger partial charge in [-0.05, 0) is 6.92 Å². The van der Waals surface area contributed by atoms with Crippen molar-refractivity contribution in [2.75, 3.05) is 27.2 Å². The Kier molecular flexibility index (Phi) is 6.49. The van der Waals surface area contributed by atoms with Crippen LogP contribution in [0.1, 0.15) is 20.8 Å². The van der Waals surface area contributed by atoms with Gasteiger partial charge in [-0.15, -0.1) is 0 Å². The molecule has 0 aromatic rings. The van der Waals surface area contributed by atoms with E-state index in [-0.39, 0.29) is 12.0 Å². The average Bonchev–Trinajstić information content (AvgIpc) is 2.10. The molecule has 0 bridgehead atoms. The van der Waals surface area contributed by atoms with Gasteiger partial charge in [0.15, 0.2) is 0 Å². The molecule has 84 valence electrons. The lowest BCUT2D eigenvalue weighted by atomic mass is 10.3. The maximum absolute atomic E-state index is 11.4. The number of rotatable bonds is 6. The number of amides is 1. The molecular formula is C10H22N2O2. The first-order valence-electron chi connectivity index (χ1n) is 5.01. The molecule has 14 heavy (non-hydrogen) atoms. The van der Waals surface area contributed by atoms with E-state index in [1.54, 1.807) is 25.9 Å². The van der Waals surface area contributed by atoms with Crippen LogP contribution >= 0.6 is 0 Å². The molecule has 0 aliphatic rings. The van der Waals surface area contributed by atoms with Crippen LogP contribution in [0.4, 0.5) is 0 Å². The van der Waals surface area contributed by atoms with Crippen molar-refractivity contribution in [3.63, 3.8) is 0 Å². The highest BCUT2D eigenvalue weighted by molar-refractivity contribution is 5.79. The Balaban J connectivity index is 3.54. The predicted molar refractivity (Wildman–Crippen MR) is 57.2 cm³/mol. The van der Waals surface area contributed by atoms with E-state index in [4.69, 9.17) is 4.74 Å². The molecule has 0 aliphatic carbocycles. The Morgan fingerprint density at radius 2 is 1.93 bits per heavy atom. The topological polar surface area (TPSA) is 41.6 Å². The van der Waals surface area contributed by atoms with E-state index in [9.17, 15) is 4.79 Å². The molecule has 0 spiro atoms. The van der Waals surface area contributed by atoms with Gasteiger partial charge in [-0.2, -0.15) is 0 Å². The summed E-state index contributed by atoms with van der Waals surface area (Å²) in [6, 6.07) is 0.457. The molecule has 4 heteroatoms. The summed E-state index contributed by atoms with van der Waals surface area (Å²) < 4.78 is 5.36. The van der Waals surface area contributed by atoms with Crippen LogP contribution < -0.4 is 5.32 Å². The Labute approximate surface area is 86.6 Å². The number of carbonyl (C=O) groups excluding carboxylic acids is 1. The molecule has 0 heterocycles. The van der Waals surface area contributed by atoms with Gasteiger partial charge in [0.05, 0.1) is 6.61 Å². The van der Waals surface area contributed by atoms with Crippen molar-refractivity contribution in [2.24, 2.45) is 0 Å². The third-order valence-corrected chi connectivity index (χ3v) is 1.81. The van der Waals surface area contributed by atoms with Gasteiger partial charge >= 0.3 is 0 Å². The Morgan fingerprint density at radius 3 is 2.36 bits per heavy atom. The SMILES string of the molecule is CC(C)NCCOC(C)C(=O)N(C)C. The quantitative estimate of drug-likeness (QED) is 0.637. The fourth-order valence-corrected chi connectivity index (χ4v) is 1.02. The zero-order valence-electron chi connectivity index (χ0n) is 9.83. The van der Waals surface area contributed by atoms with Gasteiger partial charge in [0.1, 0.15) is 6.10 Å². The van der Waals surface area contributed by atoms with Crippen molar-refractivity contribution in [2.45, 2.75) is 32.9 Å². The zero-order valence-corrected chi connectivity index (χ0v) is 9.83. The van der Waals surface area contributed by atoms with Gasteiger partial charge in [0.2, 0.25) is 0 Å². The molecule has 1 atom stereocenters. The van der Waals surface area contributed by atoms with Crippen LogP contribution in [-0.4, -0.2) is 50.2 Å². The second-order valence-corrected chi connectivity index (χ2v) is 3.85. The molecule has 1 amide bonds. The minimum absolute atomic E-state index is 0.00884. The van der Waals surface area contributed by atoms with Crippen molar-refractivity contribution < 1.29 is 9.53 Å². The smallest absolute Gasteiger partial charge is 0.250 e. The number of hydrogen-bond acceptors (Lipinski definition) is 3. The molecule has 0 radical (unpaired) electrons. The van der Waals surface area contributed by atoms with Crippen molar-refractivity contribution in [3.8, 4) is 0 Å². The third-order valence-electron chi connectivity index (χ3n) is 1.81. The maximum atomic E-state index is 11.4. The molecule has 0 saturated carbocycles. The lowest BCUT2D eigenvalue weighted by Gasteiger charge is -2.17. The van der Waals surface area contributed by atoms with E-state index >= 15 is 0 Å². The molecule has 4 nitrogen and oxygen atoms in total. The first-order valence-corrected chi connectivity index (χ1v) is 5.01. The Morgan fingerprint density at radius 1 is 1.36 bits per heavy atom. The summed E-state index contributed by atoms with van der Waals surface area (Å²) in [7, 11) is 3.46. The van der Waals surface area contributed by atoms with Gasteiger partial charge in [0.25, 0.3) is 5.91 Å². The van der Waals surface area contributed by atoms with Crippen LogP contribution in [-0.2, 0) is 9.53 Å². The van der Waals surface area contributed by atoms with E-state index in [0.717, 1.165) is 6.54 Å². The highest BCUT2D eigenvalue weighted by atomic mass is 16.5. The fourth-order valence-electron chi connectivity index (χ4n) is 1.02. The van der Waals surface area contributed by atoms with Crippen molar-refractivity contribution in [1.82, 2.24) is 10.2 Å². The van der Waals surface area contributed by atoms with Crippen molar-refractivity contribution >= 4 is 5.91 Å². The summed E-state index contributed by atoms with van der Waals surface area (Å²) in [6.45, 7) is 7.28. The van der Waals surface area contributed by atoms with E-state index < -0.39 is 0 Å². The third kappa shape index (κ3) is 5.94. The van der Waals surface area contributed by atoms with E-state index in [1.165, 1.54) is 0 Å². The molecule has 0 aliphatic heterocycles. The summed E-state index contributed by atoms with van der Waals surface area (Å²) in [5.41, 5.74) is 0. The van der Waals surface area contributed by atoms with Crippen LogP contribution in [0, 0.1) is 0 Å². The molecule has 0 aromatic carbocycles. The van der Waals surface area contributed by atoms with Crippen molar-refractivity contribution in [1.29, 1.82) is 0 Å². The Hall–Kier alpha value is -0.610. The normalized spacial score (nSPS) is 13.0. The lowest BCUT2D eigenvalue weighted by molar-refractivity contribution is -0.139. The standard InChI is InChI=1S/C10H22N2O2/c1-8(2)11-6-7-14-9(3)10(13)12(4)5/h8-9,11H,6-7H2,1-5H3. The van der Waals surface area contributed by atoms with Crippen LogP contribution in [0.15, 0.2) is 0 Å². The van der Waals surface area contributed by atoms with Gasteiger partial charge in [0, 0.05) is 26.7 Å². The highest BCUT2D eigenvalue weighted by Gasteiger charge is 2.14. The summed E-state index contributed by atoms with van der Waals surface area (Å²) in [5, 5.41) is 3.22. The number of carbonyl (C=O) groups is 1.